The molecule has 0 atom stereocenters. The van der Waals surface area contributed by atoms with Gasteiger partial charge in [0.05, 0.1) is 31.8 Å². The van der Waals surface area contributed by atoms with Crippen LogP contribution in [0.2, 0.25) is 0 Å². The van der Waals surface area contributed by atoms with Crippen LogP contribution in [0.4, 0.5) is 4.39 Å². The molecule has 1 N–H and O–H groups in total. The molecule has 0 aromatic heterocycles. The molecular weight excluding hydrogens is 435 g/mol. The summed E-state index contributed by atoms with van der Waals surface area (Å²) in [6, 6.07) is 13.8. The van der Waals surface area contributed by atoms with Gasteiger partial charge in [-0.1, -0.05) is 23.5 Å². The van der Waals surface area contributed by atoms with Crippen LogP contribution in [0.5, 0.6) is 28.7 Å². The van der Waals surface area contributed by atoms with Crippen molar-refractivity contribution in [3.8, 4) is 28.7 Å². The molecule has 3 aromatic rings. The molecule has 0 fully saturated rings. The van der Waals surface area contributed by atoms with Gasteiger partial charge in [-0.2, -0.15) is 0 Å². The Morgan fingerprint density at radius 2 is 1.48 bits per heavy atom. The van der Waals surface area contributed by atoms with E-state index in [4.69, 9.17) is 14.2 Å². The lowest BCUT2D eigenvalue weighted by Gasteiger charge is -2.21. The van der Waals surface area contributed by atoms with Crippen molar-refractivity contribution < 1.29 is 23.7 Å². The van der Waals surface area contributed by atoms with E-state index in [9.17, 15) is 9.50 Å². The highest BCUT2D eigenvalue weighted by Gasteiger charge is 2.22. The molecule has 0 aliphatic carbocycles. The van der Waals surface area contributed by atoms with Crippen LogP contribution in [-0.2, 0) is 0 Å². The molecule has 0 amide bonds. The summed E-state index contributed by atoms with van der Waals surface area (Å²) in [5.41, 5.74) is 0. The highest BCUT2D eigenvalue weighted by Crippen LogP contribution is 2.50. The second-order valence-corrected chi connectivity index (χ2v) is 9.77. The predicted molar refractivity (Wildman–Crippen MR) is 121 cm³/mol. The van der Waals surface area contributed by atoms with Gasteiger partial charge in [0, 0.05) is 12.1 Å². The van der Waals surface area contributed by atoms with Crippen LogP contribution in [0.3, 0.4) is 0 Å². The number of fused-ring (bicyclic) bond motifs is 2. The minimum absolute atomic E-state index is 0.0000243. The number of phenolic OH excluding ortho intramolecular Hbond substituents is 1. The monoisotopic (exact) mass is 458 g/mol. The number of aromatic hydroxyl groups is 1. The Balaban J connectivity index is 1.58. The maximum atomic E-state index is 14.8. The van der Waals surface area contributed by atoms with E-state index < -0.39 is 0 Å². The average Bonchev–Trinajstić information content (AvgIpc) is 2.68. The normalized spacial score (nSPS) is 12.4. The zero-order valence-corrected chi connectivity index (χ0v) is 19.3. The minimum Gasteiger partial charge on any atom is -0.507 e. The number of ether oxygens (including phenoxy) is 3. The van der Waals surface area contributed by atoms with Crippen LogP contribution in [0.1, 0.15) is 27.7 Å². The molecule has 1 aliphatic rings. The van der Waals surface area contributed by atoms with Gasteiger partial charge in [0.15, 0.2) is 0 Å². The summed E-state index contributed by atoms with van der Waals surface area (Å²) in [5, 5.41) is 10.4. The number of hydrogen-bond donors (Lipinski definition) is 1. The molecule has 1 aliphatic heterocycles. The van der Waals surface area contributed by atoms with Crippen molar-refractivity contribution >= 4 is 23.5 Å². The van der Waals surface area contributed by atoms with Crippen molar-refractivity contribution in [2.24, 2.45) is 0 Å². The Morgan fingerprint density at radius 1 is 0.839 bits per heavy atom. The summed E-state index contributed by atoms with van der Waals surface area (Å²) in [5.74, 6) is 2.21. The van der Waals surface area contributed by atoms with Gasteiger partial charge in [0.1, 0.15) is 34.6 Å². The molecule has 1 heterocycles. The Bertz CT molecular complexity index is 1110. The molecule has 0 bridgehead atoms. The highest BCUT2D eigenvalue weighted by atomic mass is 32.2. The van der Waals surface area contributed by atoms with E-state index in [1.165, 1.54) is 23.9 Å². The highest BCUT2D eigenvalue weighted by molar-refractivity contribution is 8.00. The molecule has 0 spiro atoms. The molecule has 7 heteroatoms. The van der Waals surface area contributed by atoms with E-state index in [0.717, 1.165) is 22.4 Å². The molecule has 0 radical (unpaired) electrons. The van der Waals surface area contributed by atoms with Crippen molar-refractivity contribution in [1.29, 1.82) is 0 Å². The second-order valence-electron chi connectivity index (χ2n) is 7.61. The third kappa shape index (κ3) is 5.05. The molecule has 0 saturated carbocycles. The largest absolute Gasteiger partial charge is 0.507 e. The van der Waals surface area contributed by atoms with Gasteiger partial charge in [0.2, 0.25) is 0 Å². The van der Waals surface area contributed by atoms with E-state index >= 15 is 0 Å². The summed E-state index contributed by atoms with van der Waals surface area (Å²) >= 11 is 2.59. The Morgan fingerprint density at radius 3 is 2.16 bits per heavy atom. The minimum atomic E-state index is -0.370. The first kappa shape index (κ1) is 21.7. The lowest BCUT2D eigenvalue weighted by molar-refractivity contribution is 0.241. The van der Waals surface area contributed by atoms with Gasteiger partial charge in [-0.05, 0) is 64.1 Å². The Hall–Kier alpha value is -2.51. The molecule has 162 valence electrons. The lowest BCUT2D eigenvalue weighted by Crippen LogP contribution is -2.06. The Kier molecular flexibility index (Phi) is 6.25. The van der Waals surface area contributed by atoms with Gasteiger partial charge in [-0.3, -0.25) is 0 Å². The van der Waals surface area contributed by atoms with Crippen LogP contribution in [0, 0.1) is 5.82 Å². The van der Waals surface area contributed by atoms with Gasteiger partial charge in [0.25, 0.3) is 0 Å². The average molecular weight is 459 g/mol. The zero-order valence-electron chi connectivity index (χ0n) is 17.6. The quantitative estimate of drug-likeness (QED) is 0.322. The maximum absolute atomic E-state index is 14.8. The van der Waals surface area contributed by atoms with Crippen LogP contribution >= 0.6 is 23.5 Å². The zero-order chi connectivity index (χ0) is 22.1. The van der Waals surface area contributed by atoms with Crippen LogP contribution < -0.4 is 14.2 Å². The van der Waals surface area contributed by atoms with Gasteiger partial charge >= 0.3 is 0 Å². The smallest absolute Gasteiger partial charge is 0.145 e. The van der Waals surface area contributed by atoms with E-state index in [1.54, 1.807) is 18.2 Å². The van der Waals surface area contributed by atoms with Crippen LogP contribution in [0.25, 0.3) is 0 Å². The second kappa shape index (κ2) is 8.93. The first-order valence-corrected chi connectivity index (χ1v) is 11.6. The van der Waals surface area contributed by atoms with Gasteiger partial charge in [-0.25, -0.2) is 4.39 Å². The van der Waals surface area contributed by atoms with Crippen molar-refractivity contribution in [3.05, 3.63) is 54.3 Å². The van der Waals surface area contributed by atoms with Crippen LogP contribution in [-0.4, -0.2) is 17.3 Å². The van der Waals surface area contributed by atoms with E-state index in [2.05, 4.69) is 0 Å². The Labute approximate surface area is 189 Å². The molecule has 0 saturated heterocycles. The van der Waals surface area contributed by atoms with Gasteiger partial charge in [-0.15, -0.1) is 0 Å². The number of halogens is 1. The van der Waals surface area contributed by atoms with Crippen molar-refractivity contribution in [2.75, 3.05) is 0 Å². The number of rotatable bonds is 6. The molecule has 3 aromatic carbocycles. The first-order valence-electron chi connectivity index (χ1n) is 9.96. The first-order chi connectivity index (χ1) is 14.8. The fourth-order valence-electron chi connectivity index (χ4n) is 3.04. The van der Waals surface area contributed by atoms with E-state index in [1.807, 2.05) is 45.9 Å². The number of phenols is 1. The SMILES string of the molecule is CC(C)Oc1ccc(Sc2cc3c(cc2F)Sc2ccc(OC(C)C)cc2O3)c(O)c1. The molecular formula is C24H23FO4S2. The maximum Gasteiger partial charge on any atom is 0.145 e. The summed E-state index contributed by atoms with van der Waals surface area (Å²) in [4.78, 5) is 2.51. The summed E-state index contributed by atoms with van der Waals surface area (Å²) in [6.45, 7) is 7.76. The molecule has 0 unspecified atom stereocenters. The van der Waals surface area contributed by atoms with E-state index in [-0.39, 0.29) is 23.8 Å². The fourth-order valence-corrected chi connectivity index (χ4v) is 4.83. The fraction of sp³-hybridized carbons (Fsp3) is 0.250. The van der Waals surface area contributed by atoms with Crippen molar-refractivity contribution in [2.45, 2.75) is 59.5 Å². The van der Waals surface area contributed by atoms with Crippen molar-refractivity contribution in [1.82, 2.24) is 0 Å². The molecule has 4 rings (SSSR count). The number of hydrogen-bond acceptors (Lipinski definition) is 6. The standard InChI is InChI=1S/C24H23FO4S2/c1-13(2)27-15-5-7-21(18(26)9-15)30-23-12-20-24(11-17(23)25)31-22-8-6-16(28-14(3)4)10-19(22)29-20/h5-14,26H,1-4H3. The van der Waals surface area contributed by atoms with Gasteiger partial charge < -0.3 is 19.3 Å². The third-order valence-electron chi connectivity index (χ3n) is 4.25. The van der Waals surface area contributed by atoms with Crippen molar-refractivity contribution in [3.63, 3.8) is 0 Å². The summed E-state index contributed by atoms with van der Waals surface area (Å²) in [6.07, 6.45) is 0.0589. The van der Waals surface area contributed by atoms with E-state index in [0.29, 0.717) is 31.9 Å². The molecule has 4 nitrogen and oxygen atoms in total. The topological polar surface area (TPSA) is 47.9 Å². The molecule has 31 heavy (non-hydrogen) atoms. The predicted octanol–water partition coefficient (Wildman–Crippen LogP) is 7.51. The summed E-state index contributed by atoms with van der Waals surface area (Å²) in [7, 11) is 0. The third-order valence-corrected chi connectivity index (χ3v) is 6.44. The number of benzene rings is 3. The summed E-state index contributed by atoms with van der Waals surface area (Å²) < 4.78 is 32.2. The lowest BCUT2D eigenvalue weighted by atomic mass is 10.3. The van der Waals surface area contributed by atoms with Crippen LogP contribution in [0.15, 0.2) is 68.1 Å².